The van der Waals surface area contributed by atoms with Crippen molar-refractivity contribution in [2.75, 3.05) is 6.61 Å². The van der Waals surface area contributed by atoms with Gasteiger partial charge in [-0.15, -0.1) is 0 Å². The second kappa shape index (κ2) is 7.25. The maximum absolute atomic E-state index is 12.2. The monoisotopic (exact) mass is 292 g/mol. The first-order valence-corrected chi connectivity index (χ1v) is 7.20. The molecular formula is C17H24O4. The fourth-order valence-electron chi connectivity index (χ4n) is 2.18. The highest BCUT2D eigenvalue weighted by atomic mass is 16.6. The van der Waals surface area contributed by atoms with E-state index in [2.05, 4.69) is 0 Å². The number of carbonyl (C=O) groups is 2. The first kappa shape index (κ1) is 17.2. The van der Waals surface area contributed by atoms with Gasteiger partial charge in [0.2, 0.25) is 0 Å². The van der Waals surface area contributed by atoms with Gasteiger partial charge in [0.15, 0.2) is 0 Å². The zero-order valence-electron chi connectivity index (χ0n) is 13.4. The Labute approximate surface area is 126 Å². The standard InChI is InChI=1S/C17H24O4/c1-6-20-15(18)12(2)14(17(3,4)5)21-16(19)13-10-8-7-9-11-13/h7-12,14H,6H2,1-5H3. The Hall–Kier alpha value is -1.84. The van der Waals surface area contributed by atoms with Crippen LogP contribution >= 0.6 is 0 Å². The molecule has 0 aliphatic heterocycles. The van der Waals surface area contributed by atoms with Crippen LogP contribution < -0.4 is 0 Å². The largest absolute Gasteiger partial charge is 0.466 e. The molecule has 0 heterocycles. The number of esters is 2. The number of rotatable bonds is 5. The molecule has 0 radical (unpaired) electrons. The van der Waals surface area contributed by atoms with Crippen molar-refractivity contribution in [3.63, 3.8) is 0 Å². The van der Waals surface area contributed by atoms with E-state index in [9.17, 15) is 9.59 Å². The highest BCUT2D eigenvalue weighted by Crippen LogP contribution is 2.30. The number of ether oxygens (including phenoxy) is 2. The minimum Gasteiger partial charge on any atom is -0.466 e. The number of hydrogen-bond acceptors (Lipinski definition) is 4. The molecule has 1 aromatic rings. The van der Waals surface area contributed by atoms with Crippen LogP contribution in [0, 0.1) is 11.3 Å². The van der Waals surface area contributed by atoms with E-state index in [1.54, 1.807) is 38.1 Å². The summed E-state index contributed by atoms with van der Waals surface area (Å²) >= 11 is 0. The highest BCUT2D eigenvalue weighted by molar-refractivity contribution is 5.89. The SMILES string of the molecule is CCOC(=O)C(C)C(OC(=O)c1ccccc1)C(C)(C)C. The minimum atomic E-state index is -0.552. The molecule has 1 rings (SSSR count). The van der Waals surface area contributed by atoms with Crippen LogP contribution in [0.25, 0.3) is 0 Å². The molecule has 2 atom stereocenters. The summed E-state index contributed by atoms with van der Waals surface area (Å²) in [6.45, 7) is 9.61. The Bertz CT molecular complexity index is 473. The third kappa shape index (κ3) is 4.88. The molecule has 0 aromatic heterocycles. The lowest BCUT2D eigenvalue weighted by atomic mass is 9.81. The fourth-order valence-corrected chi connectivity index (χ4v) is 2.18. The average molecular weight is 292 g/mol. The lowest BCUT2D eigenvalue weighted by molar-refractivity contribution is -0.154. The van der Waals surface area contributed by atoms with Crippen molar-refractivity contribution in [1.29, 1.82) is 0 Å². The van der Waals surface area contributed by atoms with Crippen molar-refractivity contribution in [2.24, 2.45) is 11.3 Å². The second-order valence-electron chi connectivity index (χ2n) is 6.10. The van der Waals surface area contributed by atoms with E-state index < -0.39 is 18.0 Å². The molecule has 116 valence electrons. The fraction of sp³-hybridized carbons (Fsp3) is 0.529. The van der Waals surface area contributed by atoms with E-state index >= 15 is 0 Å². The first-order valence-electron chi connectivity index (χ1n) is 7.20. The van der Waals surface area contributed by atoms with Gasteiger partial charge in [-0.05, 0) is 31.4 Å². The molecule has 0 fully saturated rings. The van der Waals surface area contributed by atoms with E-state index in [1.165, 1.54) is 0 Å². The van der Waals surface area contributed by atoms with Gasteiger partial charge < -0.3 is 9.47 Å². The number of carbonyl (C=O) groups excluding carboxylic acids is 2. The van der Waals surface area contributed by atoms with Gasteiger partial charge in [-0.3, -0.25) is 4.79 Å². The topological polar surface area (TPSA) is 52.6 Å². The molecule has 0 aliphatic rings. The van der Waals surface area contributed by atoms with Crippen molar-refractivity contribution in [1.82, 2.24) is 0 Å². The summed E-state index contributed by atoms with van der Waals surface area (Å²) in [5.41, 5.74) is 0.110. The minimum absolute atomic E-state index is 0.312. The van der Waals surface area contributed by atoms with Gasteiger partial charge in [-0.1, -0.05) is 39.0 Å². The Morgan fingerprint density at radius 3 is 2.19 bits per heavy atom. The summed E-state index contributed by atoms with van der Waals surface area (Å²) in [5.74, 6) is -1.29. The van der Waals surface area contributed by atoms with Crippen LogP contribution in [0.1, 0.15) is 45.0 Å². The van der Waals surface area contributed by atoms with Gasteiger partial charge in [0.05, 0.1) is 18.1 Å². The van der Waals surface area contributed by atoms with Crippen molar-refractivity contribution in [3.8, 4) is 0 Å². The molecule has 0 spiro atoms. The molecule has 4 heteroatoms. The van der Waals surface area contributed by atoms with Crippen molar-refractivity contribution in [2.45, 2.75) is 40.7 Å². The number of hydrogen-bond donors (Lipinski definition) is 0. The van der Waals surface area contributed by atoms with Crippen molar-refractivity contribution < 1.29 is 19.1 Å². The summed E-state index contributed by atoms with van der Waals surface area (Å²) in [6, 6.07) is 8.77. The Morgan fingerprint density at radius 2 is 1.71 bits per heavy atom. The average Bonchev–Trinajstić information content (AvgIpc) is 2.43. The lowest BCUT2D eigenvalue weighted by Crippen LogP contribution is -2.41. The van der Waals surface area contributed by atoms with Gasteiger partial charge in [0.25, 0.3) is 0 Å². The summed E-state index contributed by atoms with van der Waals surface area (Å²) in [7, 11) is 0. The van der Waals surface area contributed by atoms with Gasteiger partial charge in [0.1, 0.15) is 6.10 Å². The maximum atomic E-state index is 12.2. The lowest BCUT2D eigenvalue weighted by Gasteiger charge is -2.33. The molecular weight excluding hydrogens is 268 g/mol. The van der Waals surface area contributed by atoms with E-state index in [4.69, 9.17) is 9.47 Å². The first-order chi connectivity index (χ1) is 9.77. The Balaban J connectivity index is 2.90. The molecule has 4 nitrogen and oxygen atoms in total. The molecule has 0 saturated carbocycles. The normalized spacial score (nSPS) is 14.1. The van der Waals surface area contributed by atoms with Crippen LogP contribution in [0.15, 0.2) is 30.3 Å². The second-order valence-corrected chi connectivity index (χ2v) is 6.10. The van der Waals surface area contributed by atoms with E-state index in [0.29, 0.717) is 12.2 Å². The highest BCUT2D eigenvalue weighted by Gasteiger charge is 2.37. The van der Waals surface area contributed by atoms with Gasteiger partial charge in [0, 0.05) is 0 Å². The molecule has 21 heavy (non-hydrogen) atoms. The molecule has 0 amide bonds. The van der Waals surface area contributed by atoms with Crippen LogP contribution in [0.2, 0.25) is 0 Å². The van der Waals surface area contributed by atoms with Gasteiger partial charge in [-0.25, -0.2) is 4.79 Å². The zero-order chi connectivity index (χ0) is 16.0. The van der Waals surface area contributed by atoms with E-state index in [0.717, 1.165) is 0 Å². The number of benzene rings is 1. The van der Waals surface area contributed by atoms with Crippen molar-refractivity contribution in [3.05, 3.63) is 35.9 Å². The Kier molecular flexibility index (Phi) is 5.94. The summed E-state index contributed by atoms with van der Waals surface area (Å²) < 4.78 is 10.6. The van der Waals surface area contributed by atoms with Crippen LogP contribution in [-0.2, 0) is 14.3 Å². The molecule has 2 unspecified atom stereocenters. The molecule has 0 N–H and O–H groups in total. The van der Waals surface area contributed by atoms with Crippen LogP contribution in [0.4, 0.5) is 0 Å². The van der Waals surface area contributed by atoms with Crippen molar-refractivity contribution >= 4 is 11.9 Å². The molecule has 0 bridgehead atoms. The predicted molar refractivity (Wildman–Crippen MR) is 80.9 cm³/mol. The van der Waals surface area contributed by atoms with Gasteiger partial charge in [-0.2, -0.15) is 0 Å². The molecule has 0 saturated heterocycles. The third-order valence-corrected chi connectivity index (χ3v) is 3.21. The van der Waals surface area contributed by atoms with Gasteiger partial charge >= 0.3 is 11.9 Å². The third-order valence-electron chi connectivity index (χ3n) is 3.21. The maximum Gasteiger partial charge on any atom is 0.338 e. The van der Waals surface area contributed by atoms with Crippen LogP contribution in [0.5, 0.6) is 0 Å². The Morgan fingerprint density at radius 1 is 1.14 bits per heavy atom. The van der Waals surface area contributed by atoms with Crippen LogP contribution in [-0.4, -0.2) is 24.6 Å². The zero-order valence-corrected chi connectivity index (χ0v) is 13.4. The van der Waals surface area contributed by atoms with Crippen LogP contribution in [0.3, 0.4) is 0 Å². The van der Waals surface area contributed by atoms with E-state index in [1.807, 2.05) is 26.8 Å². The molecule has 1 aromatic carbocycles. The molecule has 0 aliphatic carbocycles. The smallest absolute Gasteiger partial charge is 0.338 e. The summed E-state index contributed by atoms with van der Waals surface area (Å²) in [6.07, 6.45) is -0.552. The summed E-state index contributed by atoms with van der Waals surface area (Å²) in [5, 5.41) is 0. The quantitative estimate of drug-likeness (QED) is 0.780. The van der Waals surface area contributed by atoms with E-state index in [-0.39, 0.29) is 11.4 Å². The summed E-state index contributed by atoms with van der Waals surface area (Å²) in [4.78, 5) is 24.1. The predicted octanol–water partition coefficient (Wildman–Crippen LogP) is 3.46.